The maximum Gasteiger partial charge on any atom is 0.240 e. The second kappa shape index (κ2) is 16.0. The molecule has 0 aromatic heterocycles. The van der Waals surface area contributed by atoms with Crippen molar-refractivity contribution < 1.29 is 19.1 Å². The molecular formula is C27H36N4O4. The Balaban J connectivity index is 1.64. The van der Waals surface area contributed by atoms with Crippen LogP contribution in [-0.2, 0) is 22.4 Å². The number of amides is 2. The van der Waals surface area contributed by atoms with Crippen LogP contribution >= 0.6 is 0 Å². The van der Waals surface area contributed by atoms with E-state index in [9.17, 15) is 9.59 Å². The summed E-state index contributed by atoms with van der Waals surface area (Å²) in [6.45, 7) is 7.19. The fourth-order valence-electron chi connectivity index (χ4n) is 2.95. The van der Waals surface area contributed by atoms with Crippen molar-refractivity contribution in [1.29, 1.82) is 0 Å². The fraction of sp³-hybridized carbons (Fsp3) is 0.407. The number of ether oxygens (including phenoxy) is 2. The predicted octanol–water partition coefficient (Wildman–Crippen LogP) is 4.42. The molecule has 2 aromatic carbocycles. The first-order valence-corrected chi connectivity index (χ1v) is 12.1. The summed E-state index contributed by atoms with van der Waals surface area (Å²) < 4.78 is 11.1. The van der Waals surface area contributed by atoms with Crippen LogP contribution in [0, 0.1) is 0 Å². The van der Waals surface area contributed by atoms with Crippen molar-refractivity contribution in [3.05, 3.63) is 59.7 Å². The first-order chi connectivity index (χ1) is 17.0. The van der Waals surface area contributed by atoms with Gasteiger partial charge in [-0.1, -0.05) is 38.1 Å². The number of nitrogens with zero attached hydrogens (tertiary/aromatic N) is 2. The summed E-state index contributed by atoms with van der Waals surface area (Å²) in [4.78, 5) is 24.0. The van der Waals surface area contributed by atoms with Gasteiger partial charge in [0.25, 0.3) is 0 Å². The van der Waals surface area contributed by atoms with E-state index in [2.05, 4.69) is 34.9 Å². The molecule has 2 amide bonds. The number of rotatable bonds is 15. The monoisotopic (exact) mass is 480 g/mol. The molecule has 0 aliphatic heterocycles. The molecular weight excluding hydrogens is 444 g/mol. The predicted molar refractivity (Wildman–Crippen MR) is 139 cm³/mol. The molecule has 0 saturated heterocycles. The molecule has 0 aliphatic carbocycles. The molecule has 0 saturated carbocycles. The molecule has 0 aliphatic rings. The number of aryl methyl sites for hydroxylation is 2. The minimum absolute atomic E-state index is 0.195. The van der Waals surface area contributed by atoms with Crippen LogP contribution in [0.25, 0.3) is 0 Å². The molecule has 188 valence electrons. The third-order valence-corrected chi connectivity index (χ3v) is 4.87. The van der Waals surface area contributed by atoms with Gasteiger partial charge in [0.05, 0.1) is 25.1 Å². The Hall–Kier alpha value is -3.68. The van der Waals surface area contributed by atoms with Crippen LogP contribution in [0.2, 0.25) is 0 Å². The molecule has 0 spiro atoms. The maximum absolute atomic E-state index is 12.0. The van der Waals surface area contributed by atoms with Gasteiger partial charge in [0.1, 0.15) is 11.5 Å². The summed E-state index contributed by atoms with van der Waals surface area (Å²) in [6, 6.07) is 15.5. The molecule has 2 N–H and O–H groups in total. The van der Waals surface area contributed by atoms with Gasteiger partial charge < -0.3 is 9.47 Å². The van der Waals surface area contributed by atoms with E-state index in [0.29, 0.717) is 44.6 Å². The number of benzene rings is 2. The van der Waals surface area contributed by atoms with Gasteiger partial charge in [-0.3, -0.25) is 9.59 Å². The van der Waals surface area contributed by atoms with E-state index in [1.165, 1.54) is 6.21 Å². The van der Waals surface area contributed by atoms with Crippen LogP contribution in [0.4, 0.5) is 0 Å². The molecule has 0 fully saturated rings. The number of nitrogens with one attached hydrogen (secondary N) is 2. The van der Waals surface area contributed by atoms with Crippen LogP contribution < -0.4 is 20.3 Å². The SMILES string of the molecule is CCCOc1ccc(CCC(=O)N/N=C\C(C)=N/NC(=O)CCc2ccc(OCCC)cc2)cc1. The lowest BCUT2D eigenvalue weighted by atomic mass is 10.1. The molecule has 0 bridgehead atoms. The first kappa shape index (κ1) is 27.6. The van der Waals surface area contributed by atoms with Crippen LogP contribution in [-0.4, -0.2) is 37.0 Å². The van der Waals surface area contributed by atoms with Crippen molar-refractivity contribution in [2.75, 3.05) is 13.2 Å². The molecule has 0 radical (unpaired) electrons. The van der Waals surface area contributed by atoms with Gasteiger partial charge in [0.15, 0.2) is 0 Å². The Morgan fingerprint density at radius 1 is 0.771 bits per heavy atom. The molecule has 0 heterocycles. The van der Waals surface area contributed by atoms with Crippen molar-refractivity contribution in [2.45, 2.75) is 59.3 Å². The Kier molecular flexibility index (Phi) is 12.6. The molecule has 0 atom stereocenters. The zero-order chi connectivity index (χ0) is 25.3. The number of carbonyl (C=O) groups is 2. The first-order valence-electron chi connectivity index (χ1n) is 12.1. The van der Waals surface area contributed by atoms with Gasteiger partial charge >= 0.3 is 0 Å². The van der Waals surface area contributed by atoms with Crippen molar-refractivity contribution in [2.24, 2.45) is 10.2 Å². The second-order valence-electron chi connectivity index (χ2n) is 8.07. The normalized spacial score (nSPS) is 11.3. The van der Waals surface area contributed by atoms with E-state index in [0.717, 1.165) is 35.5 Å². The van der Waals surface area contributed by atoms with Gasteiger partial charge in [-0.05, 0) is 68.0 Å². The van der Waals surface area contributed by atoms with E-state index >= 15 is 0 Å². The lowest BCUT2D eigenvalue weighted by molar-refractivity contribution is -0.121. The smallest absolute Gasteiger partial charge is 0.240 e. The maximum atomic E-state index is 12.0. The highest BCUT2D eigenvalue weighted by Crippen LogP contribution is 2.14. The second-order valence-corrected chi connectivity index (χ2v) is 8.07. The third-order valence-electron chi connectivity index (χ3n) is 4.87. The van der Waals surface area contributed by atoms with Crippen LogP contribution in [0.3, 0.4) is 0 Å². The van der Waals surface area contributed by atoms with E-state index < -0.39 is 0 Å². The molecule has 2 rings (SSSR count). The quantitative estimate of drug-likeness (QED) is 0.291. The van der Waals surface area contributed by atoms with Crippen LogP contribution in [0.1, 0.15) is 57.6 Å². The average Bonchev–Trinajstić information content (AvgIpc) is 2.88. The summed E-state index contributed by atoms with van der Waals surface area (Å²) in [5.41, 5.74) is 7.55. The standard InChI is InChI=1S/C27H36N4O4/c1-4-18-34-24-12-6-22(7-13-24)10-16-26(32)30-28-20-21(3)29-31-27(33)17-11-23-8-14-25(15-9-23)35-19-5-2/h6-9,12-15,20H,4-5,10-11,16-19H2,1-3H3,(H,30,32)(H,31,33)/b28-20-,29-21-. The van der Waals surface area contributed by atoms with E-state index in [-0.39, 0.29) is 11.8 Å². The molecule has 8 heteroatoms. The lowest BCUT2D eigenvalue weighted by Crippen LogP contribution is -2.21. The molecule has 8 nitrogen and oxygen atoms in total. The Bertz CT molecular complexity index is 970. The molecule has 35 heavy (non-hydrogen) atoms. The van der Waals surface area contributed by atoms with Gasteiger partial charge in [0.2, 0.25) is 11.8 Å². The summed E-state index contributed by atoms with van der Waals surface area (Å²) in [6.07, 6.45) is 5.15. The number of hydrazone groups is 2. The van der Waals surface area contributed by atoms with Gasteiger partial charge in [-0.2, -0.15) is 10.2 Å². The topological polar surface area (TPSA) is 101 Å². The van der Waals surface area contributed by atoms with Crippen molar-refractivity contribution in [1.82, 2.24) is 10.9 Å². The van der Waals surface area contributed by atoms with Crippen molar-refractivity contribution >= 4 is 23.7 Å². The summed E-state index contributed by atoms with van der Waals surface area (Å²) in [5, 5.41) is 7.88. The summed E-state index contributed by atoms with van der Waals surface area (Å²) in [7, 11) is 0. The highest BCUT2D eigenvalue weighted by Gasteiger charge is 2.04. The molecule has 0 unspecified atom stereocenters. The molecule has 2 aromatic rings. The summed E-state index contributed by atoms with van der Waals surface area (Å²) in [5.74, 6) is 1.27. The fourth-order valence-corrected chi connectivity index (χ4v) is 2.95. The van der Waals surface area contributed by atoms with E-state index in [1.807, 2.05) is 48.5 Å². The number of carbonyl (C=O) groups excluding carboxylic acids is 2. The Morgan fingerprint density at radius 3 is 1.69 bits per heavy atom. The van der Waals surface area contributed by atoms with Gasteiger partial charge in [-0.15, -0.1) is 0 Å². The van der Waals surface area contributed by atoms with Crippen LogP contribution in [0.15, 0.2) is 58.7 Å². The van der Waals surface area contributed by atoms with Gasteiger partial charge in [-0.25, -0.2) is 10.9 Å². The van der Waals surface area contributed by atoms with E-state index in [1.54, 1.807) is 6.92 Å². The Labute approximate surface area is 207 Å². The average molecular weight is 481 g/mol. The lowest BCUT2D eigenvalue weighted by Gasteiger charge is -2.06. The van der Waals surface area contributed by atoms with Crippen molar-refractivity contribution in [3.8, 4) is 11.5 Å². The summed E-state index contributed by atoms with van der Waals surface area (Å²) >= 11 is 0. The number of hydrogen-bond donors (Lipinski definition) is 2. The highest BCUT2D eigenvalue weighted by atomic mass is 16.5. The third kappa shape index (κ3) is 11.8. The largest absolute Gasteiger partial charge is 0.494 e. The number of hydrogen-bond acceptors (Lipinski definition) is 6. The minimum atomic E-state index is -0.199. The van der Waals surface area contributed by atoms with Gasteiger partial charge in [0, 0.05) is 12.8 Å². The van der Waals surface area contributed by atoms with Crippen molar-refractivity contribution in [3.63, 3.8) is 0 Å². The van der Waals surface area contributed by atoms with E-state index in [4.69, 9.17) is 9.47 Å². The zero-order valence-corrected chi connectivity index (χ0v) is 20.9. The van der Waals surface area contributed by atoms with Crippen LogP contribution in [0.5, 0.6) is 11.5 Å². The Morgan fingerprint density at radius 2 is 1.23 bits per heavy atom. The minimum Gasteiger partial charge on any atom is -0.494 e. The highest BCUT2D eigenvalue weighted by molar-refractivity contribution is 6.29. The zero-order valence-electron chi connectivity index (χ0n) is 20.9.